The SMILES string of the molecule is CCCc1cn(Sc2ccc(OC)cc2)c2ccc(OC)cc12. The van der Waals surface area contributed by atoms with E-state index in [4.69, 9.17) is 9.47 Å². The summed E-state index contributed by atoms with van der Waals surface area (Å²) in [5.41, 5.74) is 2.58. The summed E-state index contributed by atoms with van der Waals surface area (Å²) in [7, 11) is 3.40. The molecule has 0 spiro atoms. The van der Waals surface area contributed by atoms with Crippen LogP contribution in [0, 0.1) is 0 Å². The van der Waals surface area contributed by atoms with E-state index in [0.717, 1.165) is 24.3 Å². The lowest BCUT2D eigenvalue weighted by atomic mass is 10.1. The fourth-order valence-electron chi connectivity index (χ4n) is 2.67. The standard InChI is InChI=1S/C19H21NO2S/c1-4-5-14-13-20(19-11-8-16(22-3)12-18(14)19)23-17-9-6-15(21-2)7-10-17/h6-13H,4-5H2,1-3H3. The predicted molar refractivity (Wildman–Crippen MR) is 96.7 cm³/mol. The van der Waals surface area contributed by atoms with Crippen LogP contribution in [0.25, 0.3) is 10.9 Å². The van der Waals surface area contributed by atoms with Crippen molar-refractivity contribution in [2.75, 3.05) is 14.2 Å². The third-order valence-electron chi connectivity index (χ3n) is 3.84. The molecular weight excluding hydrogens is 306 g/mol. The number of hydrogen-bond acceptors (Lipinski definition) is 3. The minimum atomic E-state index is 0.878. The molecule has 0 saturated heterocycles. The second kappa shape index (κ2) is 7.01. The second-order valence-electron chi connectivity index (χ2n) is 5.38. The van der Waals surface area contributed by atoms with Crippen molar-refractivity contribution in [3.63, 3.8) is 0 Å². The number of aryl methyl sites for hydroxylation is 1. The van der Waals surface area contributed by atoms with Crippen molar-refractivity contribution in [2.24, 2.45) is 0 Å². The van der Waals surface area contributed by atoms with Crippen LogP contribution < -0.4 is 9.47 Å². The van der Waals surface area contributed by atoms with Crippen LogP contribution in [0.15, 0.2) is 53.6 Å². The maximum atomic E-state index is 5.38. The smallest absolute Gasteiger partial charge is 0.119 e. The Kier molecular flexibility index (Phi) is 4.82. The van der Waals surface area contributed by atoms with E-state index in [9.17, 15) is 0 Å². The molecule has 0 unspecified atom stereocenters. The van der Waals surface area contributed by atoms with Gasteiger partial charge < -0.3 is 9.47 Å². The van der Waals surface area contributed by atoms with Crippen molar-refractivity contribution in [3.8, 4) is 11.5 Å². The average molecular weight is 327 g/mol. The number of ether oxygens (including phenoxy) is 2. The summed E-state index contributed by atoms with van der Waals surface area (Å²) in [6.45, 7) is 2.21. The largest absolute Gasteiger partial charge is 0.497 e. The van der Waals surface area contributed by atoms with Gasteiger partial charge in [0.2, 0.25) is 0 Å². The maximum absolute atomic E-state index is 5.38. The first-order valence-electron chi connectivity index (χ1n) is 7.75. The van der Waals surface area contributed by atoms with Crippen LogP contribution in [0.3, 0.4) is 0 Å². The van der Waals surface area contributed by atoms with Crippen molar-refractivity contribution in [3.05, 3.63) is 54.2 Å². The molecular formula is C19H21NO2S. The third kappa shape index (κ3) is 3.32. The molecule has 0 fully saturated rings. The molecule has 1 aromatic heterocycles. The maximum Gasteiger partial charge on any atom is 0.119 e. The highest BCUT2D eigenvalue weighted by atomic mass is 32.2. The van der Waals surface area contributed by atoms with Crippen molar-refractivity contribution in [1.29, 1.82) is 0 Å². The van der Waals surface area contributed by atoms with Gasteiger partial charge in [0.1, 0.15) is 11.5 Å². The molecule has 4 heteroatoms. The Balaban J connectivity index is 1.98. The van der Waals surface area contributed by atoms with Crippen molar-refractivity contribution < 1.29 is 9.47 Å². The molecule has 1 heterocycles. The average Bonchev–Trinajstić information content (AvgIpc) is 2.93. The first-order valence-corrected chi connectivity index (χ1v) is 8.53. The summed E-state index contributed by atoms with van der Waals surface area (Å²) in [5.74, 6) is 1.78. The quantitative estimate of drug-likeness (QED) is 0.624. The molecule has 3 nitrogen and oxygen atoms in total. The minimum absolute atomic E-state index is 0.878. The van der Waals surface area contributed by atoms with E-state index in [1.807, 2.05) is 18.2 Å². The Labute approximate surface area is 141 Å². The molecule has 0 bridgehead atoms. The Morgan fingerprint density at radius 2 is 1.65 bits per heavy atom. The number of hydrogen-bond donors (Lipinski definition) is 0. The molecule has 23 heavy (non-hydrogen) atoms. The van der Waals surface area contributed by atoms with Crippen molar-refractivity contribution in [1.82, 2.24) is 3.97 Å². The Hall–Kier alpha value is -2.07. The summed E-state index contributed by atoms with van der Waals surface area (Å²) in [6.07, 6.45) is 4.44. The summed E-state index contributed by atoms with van der Waals surface area (Å²) >= 11 is 1.72. The topological polar surface area (TPSA) is 23.4 Å². The van der Waals surface area contributed by atoms with E-state index in [1.54, 1.807) is 26.2 Å². The zero-order valence-corrected chi connectivity index (χ0v) is 14.5. The highest BCUT2D eigenvalue weighted by Gasteiger charge is 2.10. The number of rotatable bonds is 6. The summed E-state index contributed by atoms with van der Waals surface area (Å²) in [5, 5.41) is 1.27. The van der Waals surface area contributed by atoms with Gasteiger partial charge in [0.05, 0.1) is 19.7 Å². The fraction of sp³-hybridized carbons (Fsp3) is 0.263. The van der Waals surface area contributed by atoms with Crippen LogP contribution in [-0.2, 0) is 6.42 Å². The molecule has 0 saturated carbocycles. The Morgan fingerprint density at radius 1 is 0.957 bits per heavy atom. The van der Waals surface area contributed by atoms with Gasteiger partial charge >= 0.3 is 0 Å². The molecule has 0 aliphatic carbocycles. The van der Waals surface area contributed by atoms with E-state index in [0.29, 0.717) is 0 Å². The molecule has 2 aromatic carbocycles. The summed E-state index contributed by atoms with van der Waals surface area (Å²) < 4.78 is 12.8. The van der Waals surface area contributed by atoms with Gasteiger partial charge in [-0.3, -0.25) is 3.97 Å². The van der Waals surface area contributed by atoms with Crippen LogP contribution in [0.1, 0.15) is 18.9 Å². The molecule has 120 valence electrons. The van der Waals surface area contributed by atoms with E-state index < -0.39 is 0 Å². The highest BCUT2D eigenvalue weighted by Crippen LogP contribution is 2.33. The number of fused-ring (bicyclic) bond motifs is 1. The summed E-state index contributed by atoms with van der Waals surface area (Å²) in [6, 6.07) is 14.4. The van der Waals surface area contributed by atoms with Gasteiger partial charge in [0.15, 0.2) is 0 Å². The molecule has 0 aliphatic rings. The molecule has 0 atom stereocenters. The number of benzene rings is 2. The summed E-state index contributed by atoms with van der Waals surface area (Å²) in [4.78, 5) is 1.18. The predicted octanol–water partition coefficient (Wildman–Crippen LogP) is 5.17. The van der Waals surface area contributed by atoms with E-state index in [1.165, 1.54) is 21.4 Å². The van der Waals surface area contributed by atoms with Gasteiger partial charge in [-0.15, -0.1) is 0 Å². The Morgan fingerprint density at radius 3 is 2.30 bits per heavy atom. The normalized spacial score (nSPS) is 10.9. The van der Waals surface area contributed by atoms with Crippen molar-refractivity contribution in [2.45, 2.75) is 24.7 Å². The third-order valence-corrected chi connectivity index (χ3v) is 4.82. The van der Waals surface area contributed by atoms with Crippen LogP contribution in [-0.4, -0.2) is 18.2 Å². The van der Waals surface area contributed by atoms with E-state index in [-0.39, 0.29) is 0 Å². The number of aromatic nitrogens is 1. The van der Waals surface area contributed by atoms with Crippen LogP contribution in [0.4, 0.5) is 0 Å². The lowest BCUT2D eigenvalue weighted by molar-refractivity contribution is 0.414. The van der Waals surface area contributed by atoms with Gasteiger partial charge in [0.25, 0.3) is 0 Å². The van der Waals surface area contributed by atoms with Gasteiger partial charge in [-0.05, 0) is 66.4 Å². The Bertz CT molecular complexity index is 793. The van der Waals surface area contributed by atoms with Gasteiger partial charge in [-0.1, -0.05) is 13.3 Å². The van der Waals surface area contributed by atoms with Crippen LogP contribution in [0.5, 0.6) is 11.5 Å². The second-order valence-corrected chi connectivity index (χ2v) is 6.43. The fourth-order valence-corrected chi connectivity index (χ4v) is 3.59. The zero-order valence-electron chi connectivity index (χ0n) is 13.7. The zero-order chi connectivity index (χ0) is 16.2. The lowest BCUT2D eigenvalue weighted by Gasteiger charge is -2.06. The number of nitrogens with zero attached hydrogens (tertiary/aromatic N) is 1. The first-order chi connectivity index (χ1) is 11.2. The first kappa shape index (κ1) is 15.8. The van der Waals surface area contributed by atoms with Crippen LogP contribution in [0.2, 0.25) is 0 Å². The van der Waals surface area contributed by atoms with E-state index in [2.05, 4.69) is 41.4 Å². The highest BCUT2D eigenvalue weighted by molar-refractivity contribution is 7.98. The molecule has 3 rings (SSSR count). The van der Waals surface area contributed by atoms with Crippen molar-refractivity contribution >= 4 is 22.9 Å². The molecule has 0 aliphatic heterocycles. The van der Waals surface area contributed by atoms with Gasteiger partial charge in [0, 0.05) is 16.5 Å². The van der Waals surface area contributed by atoms with E-state index >= 15 is 0 Å². The molecule has 3 aromatic rings. The minimum Gasteiger partial charge on any atom is -0.497 e. The van der Waals surface area contributed by atoms with Gasteiger partial charge in [-0.25, -0.2) is 0 Å². The van der Waals surface area contributed by atoms with Gasteiger partial charge in [-0.2, -0.15) is 0 Å². The van der Waals surface area contributed by atoms with Crippen LogP contribution >= 0.6 is 11.9 Å². The lowest BCUT2D eigenvalue weighted by Crippen LogP contribution is -1.86. The monoisotopic (exact) mass is 327 g/mol. The molecule has 0 N–H and O–H groups in total. The molecule has 0 amide bonds. The molecule has 0 radical (unpaired) electrons. The number of methoxy groups -OCH3 is 2.